The summed E-state index contributed by atoms with van der Waals surface area (Å²) < 4.78 is 11.0. The van der Waals surface area contributed by atoms with Crippen LogP contribution in [0.1, 0.15) is 46.5 Å². The van der Waals surface area contributed by atoms with E-state index in [0.717, 1.165) is 16.7 Å². The Morgan fingerprint density at radius 3 is 2.55 bits per heavy atom. The summed E-state index contributed by atoms with van der Waals surface area (Å²) in [6.45, 7) is 1.72. The molecule has 1 atom stereocenters. The van der Waals surface area contributed by atoms with E-state index in [1.807, 2.05) is 24.3 Å². The molecule has 0 saturated heterocycles. The number of aliphatic carboxylic acids is 1. The molecule has 1 amide bonds. The first-order valence-corrected chi connectivity index (χ1v) is 12.4. The average molecular weight is 531 g/mol. The summed E-state index contributed by atoms with van der Waals surface area (Å²) in [5, 5.41) is 16.0. The van der Waals surface area contributed by atoms with Gasteiger partial charge in [0.15, 0.2) is 11.5 Å². The van der Waals surface area contributed by atoms with E-state index in [9.17, 15) is 14.4 Å². The number of Topliss-reactive ketones (excluding diaryl/α,β-unsaturated/α-hetero) is 1. The van der Waals surface area contributed by atoms with Crippen LogP contribution in [0, 0.1) is 0 Å². The van der Waals surface area contributed by atoms with Crippen molar-refractivity contribution in [3.63, 3.8) is 0 Å². The van der Waals surface area contributed by atoms with Gasteiger partial charge in [-0.3, -0.25) is 14.9 Å². The van der Waals surface area contributed by atoms with Crippen LogP contribution in [0.15, 0.2) is 71.4 Å². The van der Waals surface area contributed by atoms with Crippen LogP contribution in [0.25, 0.3) is 22.5 Å². The molecule has 1 unspecified atom stereocenters. The van der Waals surface area contributed by atoms with Crippen molar-refractivity contribution in [1.82, 2.24) is 5.16 Å². The largest absolute Gasteiger partial charge is 0.481 e. The van der Waals surface area contributed by atoms with Crippen molar-refractivity contribution in [2.24, 2.45) is 0 Å². The van der Waals surface area contributed by atoms with Crippen LogP contribution in [-0.2, 0) is 22.4 Å². The highest BCUT2D eigenvalue weighted by atomic mass is 35.5. The van der Waals surface area contributed by atoms with Crippen molar-refractivity contribution in [2.45, 2.75) is 32.3 Å². The van der Waals surface area contributed by atoms with Crippen LogP contribution < -0.4 is 5.32 Å². The minimum Gasteiger partial charge on any atom is -0.481 e. The van der Waals surface area contributed by atoms with Gasteiger partial charge in [-0.05, 0) is 47.7 Å². The number of aromatic nitrogens is 1. The van der Waals surface area contributed by atoms with Crippen molar-refractivity contribution >= 4 is 35.1 Å². The van der Waals surface area contributed by atoms with Crippen molar-refractivity contribution < 1.29 is 28.8 Å². The number of benzene rings is 3. The number of nitrogens with zero attached hydrogens (tertiary/aromatic N) is 1. The van der Waals surface area contributed by atoms with Crippen molar-refractivity contribution in [3.8, 4) is 22.5 Å². The minimum atomic E-state index is -0.896. The highest BCUT2D eigenvalue weighted by Gasteiger charge is 2.29. The second-order valence-electron chi connectivity index (χ2n) is 8.97. The third-order valence-corrected chi connectivity index (χ3v) is 6.84. The van der Waals surface area contributed by atoms with Gasteiger partial charge in [0.2, 0.25) is 0 Å². The smallest absolute Gasteiger partial charge is 0.412 e. The maximum absolute atomic E-state index is 13.0. The molecule has 2 N–H and O–H groups in total. The minimum absolute atomic E-state index is 0.0309. The number of carboxylic acids is 1. The molecule has 192 valence electrons. The van der Waals surface area contributed by atoms with Crippen molar-refractivity contribution in [3.05, 3.63) is 94.1 Å². The topological polar surface area (TPSA) is 119 Å². The molecule has 1 aliphatic rings. The fraction of sp³-hybridized carbons (Fsp3) is 0.172. The molecule has 1 aromatic heterocycles. The molecule has 5 rings (SSSR count). The molecular weight excluding hydrogens is 508 g/mol. The van der Waals surface area contributed by atoms with E-state index in [1.165, 1.54) is 6.20 Å². The van der Waals surface area contributed by atoms with Gasteiger partial charge in [0.1, 0.15) is 11.8 Å². The van der Waals surface area contributed by atoms with E-state index < -0.39 is 18.2 Å². The number of nitrogens with one attached hydrogen (secondary N) is 1. The van der Waals surface area contributed by atoms with E-state index in [2.05, 4.69) is 10.5 Å². The summed E-state index contributed by atoms with van der Waals surface area (Å²) in [5.74, 6) is -0.675. The van der Waals surface area contributed by atoms with Crippen molar-refractivity contribution in [1.29, 1.82) is 0 Å². The lowest BCUT2D eigenvalue weighted by Gasteiger charge is -2.16. The van der Waals surface area contributed by atoms with Gasteiger partial charge in [-0.2, -0.15) is 0 Å². The fourth-order valence-corrected chi connectivity index (χ4v) is 5.01. The Morgan fingerprint density at radius 2 is 1.82 bits per heavy atom. The highest BCUT2D eigenvalue weighted by Crippen LogP contribution is 2.41. The number of fused-ring (bicyclic) bond motifs is 1. The number of ketones is 1. The van der Waals surface area contributed by atoms with Crippen LogP contribution in [0.3, 0.4) is 0 Å². The number of rotatable bonds is 7. The number of amides is 1. The zero-order valence-corrected chi connectivity index (χ0v) is 21.1. The number of hydrogen-bond donors (Lipinski definition) is 2. The third kappa shape index (κ3) is 5.03. The van der Waals surface area contributed by atoms with E-state index in [-0.39, 0.29) is 23.7 Å². The molecule has 0 saturated carbocycles. The third-order valence-electron chi connectivity index (χ3n) is 6.49. The Hall–Kier alpha value is -4.43. The molecule has 0 aliphatic heterocycles. The quantitative estimate of drug-likeness (QED) is 0.272. The fourth-order valence-electron chi connectivity index (χ4n) is 4.72. The van der Waals surface area contributed by atoms with Gasteiger partial charge in [-0.15, -0.1) is 0 Å². The van der Waals surface area contributed by atoms with Gasteiger partial charge in [0.05, 0.1) is 12.6 Å². The van der Waals surface area contributed by atoms with E-state index in [0.29, 0.717) is 40.1 Å². The summed E-state index contributed by atoms with van der Waals surface area (Å²) in [6, 6.07) is 18.0. The molecule has 0 radical (unpaired) electrons. The number of carboxylic acid groups (broad SMARTS) is 1. The van der Waals surface area contributed by atoms with Crippen LogP contribution in [0.4, 0.5) is 10.5 Å². The van der Waals surface area contributed by atoms with Crippen LogP contribution >= 0.6 is 11.6 Å². The number of hydrogen-bond acceptors (Lipinski definition) is 6. The summed E-state index contributed by atoms with van der Waals surface area (Å²) in [4.78, 5) is 36.6. The monoisotopic (exact) mass is 530 g/mol. The van der Waals surface area contributed by atoms with Gasteiger partial charge in [0.25, 0.3) is 0 Å². The molecule has 8 nitrogen and oxygen atoms in total. The number of ether oxygens (including phenoxy) is 1. The molecule has 0 fully saturated rings. The maximum atomic E-state index is 13.0. The zero-order valence-electron chi connectivity index (χ0n) is 20.4. The van der Waals surface area contributed by atoms with Crippen LogP contribution in [-0.4, -0.2) is 28.1 Å². The van der Waals surface area contributed by atoms with Crippen LogP contribution in [0.5, 0.6) is 0 Å². The first-order valence-electron chi connectivity index (χ1n) is 12.0. The predicted molar refractivity (Wildman–Crippen MR) is 141 cm³/mol. The predicted octanol–water partition coefficient (Wildman–Crippen LogP) is 6.73. The van der Waals surface area contributed by atoms with E-state index in [4.69, 9.17) is 26.0 Å². The van der Waals surface area contributed by atoms with Gasteiger partial charge >= 0.3 is 12.1 Å². The molecule has 1 heterocycles. The highest BCUT2D eigenvalue weighted by molar-refractivity contribution is 6.31. The molecule has 0 bridgehead atoms. The second kappa shape index (κ2) is 10.5. The second-order valence-corrected chi connectivity index (χ2v) is 9.37. The van der Waals surface area contributed by atoms with Gasteiger partial charge in [-0.1, -0.05) is 65.3 Å². The molecule has 4 aromatic rings. The molecule has 38 heavy (non-hydrogen) atoms. The lowest BCUT2D eigenvalue weighted by molar-refractivity contribution is -0.136. The summed E-state index contributed by atoms with van der Waals surface area (Å²) in [5.41, 5.74) is 5.33. The first-order chi connectivity index (χ1) is 18.3. The van der Waals surface area contributed by atoms with Gasteiger partial charge < -0.3 is 14.4 Å². The van der Waals surface area contributed by atoms with Crippen LogP contribution in [0.2, 0.25) is 5.02 Å². The van der Waals surface area contributed by atoms with E-state index in [1.54, 1.807) is 43.3 Å². The van der Waals surface area contributed by atoms with Gasteiger partial charge in [0, 0.05) is 28.1 Å². The molecule has 3 aromatic carbocycles. The summed E-state index contributed by atoms with van der Waals surface area (Å²) in [7, 11) is 0. The standard InChI is InChI=1S/C29H23ClN2O6/c1-16(19-4-2-3-5-23(19)30)37-29(36)32-24-15-31-38-28(24)22-11-10-20(21-12-13-25(33)27(21)22)18-8-6-17(7-9-18)14-26(34)35/h2-11,15-16H,12-14H2,1H3,(H,32,36)(H,34,35). The number of anilines is 1. The van der Waals surface area contributed by atoms with Crippen molar-refractivity contribution in [2.75, 3.05) is 5.32 Å². The Labute approximate surface area is 223 Å². The molecular formula is C29H23ClN2O6. The Morgan fingerprint density at radius 1 is 1.08 bits per heavy atom. The maximum Gasteiger partial charge on any atom is 0.412 e. The lowest BCUT2D eigenvalue weighted by atomic mass is 9.91. The summed E-state index contributed by atoms with van der Waals surface area (Å²) >= 11 is 6.21. The number of carbonyl (C=O) groups excluding carboxylic acids is 2. The Balaban J connectivity index is 1.42. The lowest BCUT2D eigenvalue weighted by Crippen LogP contribution is -2.16. The zero-order chi connectivity index (χ0) is 26.8. The summed E-state index contributed by atoms with van der Waals surface area (Å²) in [6.07, 6.45) is 0.892. The molecule has 1 aliphatic carbocycles. The first kappa shape index (κ1) is 25.2. The van der Waals surface area contributed by atoms with Gasteiger partial charge in [-0.25, -0.2) is 4.79 Å². The molecule has 0 spiro atoms. The Kier molecular flexibility index (Phi) is 6.98. The Bertz CT molecular complexity index is 1540. The normalized spacial score (nSPS) is 13.2. The van der Waals surface area contributed by atoms with E-state index >= 15 is 0 Å². The average Bonchev–Trinajstić information content (AvgIpc) is 3.51. The molecule has 9 heteroatoms. The SMILES string of the molecule is CC(OC(=O)Nc1cnoc1-c1ccc(-c2ccc(CC(=O)O)cc2)c2c1C(=O)CC2)c1ccccc1Cl. The number of carbonyl (C=O) groups is 3. The number of halogens is 1.